The minimum absolute atomic E-state index is 0.479. The molecule has 0 radical (unpaired) electrons. The number of rotatable bonds is 7. The van der Waals surface area contributed by atoms with Crippen LogP contribution >= 0.6 is 0 Å². The third kappa shape index (κ3) is 5.72. The Balaban J connectivity index is 3.14. The number of carbonyl (C=O) groups is 2. The van der Waals surface area contributed by atoms with E-state index in [1.165, 1.54) is 19.4 Å². The summed E-state index contributed by atoms with van der Waals surface area (Å²) in [7, 11) is 0. The number of carbonyl (C=O) groups excluding carboxylic acids is 2. The van der Waals surface area contributed by atoms with Crippen LogP contribution in [0.25, 0.3) is 6.08 Å². The van der Waals surface area contributed by atoms with Crippen molar-refractivity contribution in [1.29, 1.82) is 0 Å². The molecule has 0 aliphatic rings. The molecular formula is C18H24O4. The van der Waals surface area contributed by atoms with Gasteiger partial charge in [0.25, 0.3) is 6.29 Å². The number of ether oxygens (including phenoxy) is 2. The van der Waals surface area contributed by atoms with Gasteiger partial charge in [-0.15, -0.1) is 0 Å². The fraction of sp³-hybridized carbons (Fsp3) is 0.444. The van der Waals surface area contributed by atoms with Gasteiger partial charge in [-0.1, -0.05) is 44.5 Å². The SMILES string of the molecule is CCCc1ccccc1/C=C(\CC)C(OC(C)=O)OC(C)=O. The van der Waals surface area contributed by atoms with Gasteiger partial charge >= 0.3 is 11.9 Å². The first-order valence-corrected chi connectivity index (χ1v) is 7.60. The number of aryl methyl sites for hydroxylation is 1. The maximum atomic E-state index is 11.2. The third-order valence-electron chi connectivity index (χ3n) is 3.17. The van der Waals surface area contributed by atoms with Crippen LogP contribution in [0, 0.1) is 0 Å². The standard InChI is InChI=1S/C18H24O4/c1-5-9-16-10-7-8-11-17(16)12-15(6-2)18(21-13(3)19)22-14(4)20/h7-8,10-12,18H,5-6,9H2,1-4H3/b15-12+. The van der Waals surface area contributed by atoms with E-state index in [4.69, 9.17) is 9.47 Å². The molecule has 0 saturated heterocycles. The summed E-state index contributed by atoms with van der Waals surface area (Å²) in [6, 6.07) is 8.06. The van der Waals surface area contributed by atoms with E-state index >= 15 is 0 Å². The van der Waals surface area contributed by atoms with Crippen LogP contribution in [0.5, 0.6) is 0 Å². The summed E-state index contributed by atoms with van der Waals surface area (Å²) in [6.45, 7) is 6.67. The minimum atomic E-state index is -0.963. The molecule has 4 nitrogen and oxygen atoms in total. The molecule has 120 valence electrons. The maximum absolute atomic E-state index is 11.2. The van der Waals surface area contributed by atoms with E-state index in [0.717, 1.165) is 24.0 Å². The molecule has 1 aromatic carbocycles. The van der Waals surface area contributed by atoms with Crippen molar-refractivity contribution in [2.24, 2.45) is 0 Å². The Hall–Kier alpha value is -2.10. The van der Waals surface area contributed by atoms with Crippen LogP contribution in [-0.4, -0.2) is 18.2 Å². The van der Waals surface area contributed by atoms with Crippen molar-refractivity contribution < 1.29 is 19.1 Å². The fourth-order valence-corrected chi connectivity index (χ4v) is 2.19. The lowest BCUT2D eigenvalue weighted by molar-refractivity contribution is -0.178. The van der Waals surface area contributed by atoms with E-state index in [0.29, 0.717) is 6.42 Å². The highest BCUT2D eigenvalue weighted by molar-refractivity contribution is 5.69. The Morgan fingerprint density at radius 2 is 1.68 bits per heavy atom. The van der Waals surface area contributed by atoms with Crippen molar-refractivity contribution >= 4 is 18.0 Å². The van der Waals surface area contributed by atoms with Gasteiger partial charge < -0.3 is 9.47 Å². The van der Waals surface area contributed by atoms with Crippen LogP contribution in [-0.2, 0) is 25.5 Å². The van der Waals surface area contributed by atoms with Crippen molar-refractivity contribution in [2.75, 3.05) is 0 Å². The molecule has 0 aromatic heterocycles. The van der Waals surface area contributed by atoms with Crippen molar-refractivity contribution in [3.05, 3.63) is 41.0 Å². The highest BCUT2D eigenvalue weighted by atomic mass is 16.7. The molecule has 0 atom stereocenters. The van der Waals surface area contributed by atoms with Crippen LogP contribution in [0.15, 0.2) is 29.8 Å². The van der Waals surface area contributed by atoms with Crippen molar-refractivity contribution in [3.63, 3.8) is 0 Å². The molecule has 0 unspecified atom stereocenters. The molecule has 4 heteroatoms. The second kappa shape index (κ2) is 9.03. The van der Waals surface area contributed by atoms with Gasteiger partial charge in [0.15, 0.2) is 0 Å². The van der Waals surface area contributed by atoms with E-state index in [1.54, 1.807) is 0 Å². The first-order chi connectivity index (χ1) is 10.5. The summed E-state index contributed by atoms with van der Waals surface area (Å²) in [5.41, 5.74) is 3.04. The van der Waals surface area contributed by atoms with E-state index in [9.17, 15) is 9.59 Å². The molecule has 0 spiro atoms. The topological polar surface area (TPSA) is 52.6 Å². The lowest BCUT2D eigenvalue weighted by atomic mass is 10.00. The Morgan fingerprint density at radius 1 is 1.09 bits per heavy atom. The van der Waals surface area contributed by atoms with Crippen molar-refractivity contribution in [3.8, 4) is 0 Å². The molecule has 1 aromatic rings. The van der Waals surface area contributed by atoms with Gasteiger partial charge in [-0.2, -0.15) is 0 Å². The van der Waals surface area contributed by atoms with Gasteiger partial charge in [-0.05, 0) is 30.0 Å². The van der Waals surface area contributed by atoms with E-state index in [2.05, 4.69) is 13.0 Å². The lowest BCUT2D eigenvalue weighted by Gasteiger charge is -2.19. The Bertz CT molecular complexity index is 530. The zero-order valence-electron chi connectivity index (χ0n) is 13.7. The number of esters is 2. The average molecular weight is 304 g/mol. The van der Waals surface area contributed by atoms with Gasteiger partial charge in [0.1, 0.15) is 0 Å². The van der Waals surface area contributed by atoms with Crippen LogP contribution in [0.1, 0.15) is 51.7 Å². The van der Waals surface area contributed by atoms with Gasteiger partial charge in [-0.3, -0.25) is 9.59 Å². The van der Waals surface area contributed by atoms with Gasteiger partial charge in [0.2, 0.25) is 0 Å². The summed E-state index contributed by atoms with van der Waals surface area (Å²) in [5.74, 6) is -0.958. The van der Waals surface area contributed by atoms with Gasteiger partial charge in [0, 0.05) is 19.4 Å². The van der Waals surface area contributed by atoms with Gasteiger partial charge in [0.05, 0.1) is 0 Å². The first kappa shape index (κ1) is 18.0. The summed E-state index contributed by atoms with van der Waals surface area (Å²) in [5, 5.41) is 0. The second-order valence-corrected chi connectivity index (χ2v) is 5.07. The molecule has 22 heavy (non-hydrogen) atoms. The second-order valence-electron chi connectivity index (χ2n) is 5.07. The number of hydrogen-bond acceptors (Lipinski definition) is 4. The monoisotopic (exact) mass is 304 g/mol. The van der Waals surface area contributed by atoms with E-state index in [1.807, 2.05) is 31.2 Å². The summed E-state index contributed by atoms with van der Waals surface area (Å²) >= 11 is 0. The smallest absolute Gasteiger partial charge is 0.305 e. The Labute approximate surface area is 132 Å². The zero-order valence-corrected chi connectivity index (χ0v) is 13.7. The quantitative estimate of drug-likeness (QED) is 0.566. The van der Waals surface area contributed by atoms with Gasteiger partial charge in [-0.25, -0.2) is 0 Å². The molecule has 0 amide bonds. The summed E-state index contributed by atoms with van der Waals surface area (Å²) < 4.78 is 10.3. The average Bonchev–Trinajstić information content (AvgIpc) is 2.45. The molecule has 0 heterocycles. The van der Waals surface area contributed by atoms with E-state index < -0.39 is 18.2 Å². The number of hydrogen-bond donors (Lipinski definition) is 0. The highest BCUT2D eigenvalue weighted by Crippen LogP contribution is 2.21. The first-order valence-electron chi connectivity index (χ1n) is 7.60. The third-order valence-corrected chi connectivity index (χ3v) is 3.17. The molecule has 1 rings (SSSR count). The Kier molecular flexibility index (Phi) is 7.37. The normalized spacial score (nSPS) is 11.4. The molecule has 0 aliphatic carbocycles. The molecular weight excluding hydrogens is 280 g/mol. The predicted molar refractivity (Wildman–Crippen MR) is 86.0 cm³/mol. The van der Waals surface area contributed by atoms with Crippen molar-refractivity contribution in [2.45, 2.75) is 53.2 Å². The van der Waals surface area contributed by atoms with Crippen molar-refractivity contribution in [1.82, 2.24) is 0 Å². The van der Waals surface area contributed by atoms with E-state index in [-0.39, 0.29) is 0 Å². The molecule has 0 fully saturated rings. The number of benzene rings is 1. The molecule has 0 aliphatic heterocycles. The zero-order chi connectivity index (χ0) is 16.5. The minimum Gasteiger partial charge on any atom is -0.421 e. The largest absolute Gasteiger partial charge is 0.421 e. The Morgan fingerprint density at radius 3 is 2.18 bits per heavy atom. The molecule has 0 N–H and O–H groups in total. The van der Waals surface area contributed by atoms with Crippen LogP contribution < -0.4 is 0 Å². The predicted octanol–water partition coefficient (Wildman–Crippen LogP) is 3.88. The summed E-state index contributed by atoms with van der Waals surface area (Å²) in [6.07, 6.45) is 3.61. The fourth-order valence-electron chi connectivity index (χ4n) is 2.19. The molecule has 0 bridgehead atoms. The lowest BCUT2D eigenvalue weighted by Crippen LogP contribution is -2.24. The van der Waals surface area contributed by atoms with Crippen LogP contribution in [0.3, 0.4) is 0 Å². The summed E-state index contributed by atoms with van der Waals surface area (Å²) in [4.78, 5) is 22.5. The maximum Gasteiger partial charge on any atom is 0.305 e. The van der Waals surface area contributed by atoms with Crippen LogP contribution in [0.2, 0.25) is 0 Å². The van der Waals surface area contributed by atoms with Crippen LogP contribution in [0.4, 0.5) is 0 Å². The highest BCUT2D eigenvalue weighted by Gasteiger charge is 2.19. The molecule has 0 saturated carbocycles.